The van der Waals surface area contributed by atoms with Gasteiger partial charge in [-0.05, 0) is 62.1 Å². The highest BCUT2D eigenvalue weighted by atomic mass is 19.4. The number of amides is 2. The predicted molar refractivity (Wildman–Crippen MR) is 116 cm³/mol. The van der Waals surface area contributed by atoms with Crippen molar-refractivity contribution >= 4 is 17.8 Å². The van der Waals surface area contributed by atoms with E-state index < -0.39 is 47.1 Å². The molecule has 0 heterocycles. The Morgan fingerprint density at radius 2 is 1.39 bits per heavy atom. The standard InChI is InChI=1S/C24H23F5N2O5/c25-18-11-14(3-7-17(18)24(27,28)29)21(32)30-9-10-31-22(33)15-4-8-20(19(26)12-15)36-16-5-1-13(2-6-16)23(34)35/h3-4,7-8,11-13,16H,1-2,5-6,9-10H2,(H,30,32)(H,31,33)(H,34,35)/t13-,16+. The molecule has 0 atom stereocenters. The molecule has 1 aliphatic rings. The first-order valence-electron chi connectivity index (χ1n) is 11.1. The van der Waals surface area contributed by atoms with Gasteiger partial charge < -0.3 is 20.5 Å². The lowest BCUT2D eigenvalue weighted by Gasteiger charge is -2.27. The van der Waals surface area contributed by atoms with Crippen LogP contribution in [0.4, 0.5) is 22.0 Å². The number of carbonyl (C=O) groups excluding carboxylic acids is 2. The van der Waals surface area contributed by atoms with Crippen LogP contribution in [0.3, 0.4) is 0 Å². The minimum atomic E-state index is -4.88. The molecule has 0 saturated heterocycles. The molecule has 3 rings (SSSR count). The van der Waals surface area contributed by atoms with Crippen molar-refractivity contribution in [3.05, 3.63) is 64.7 Å². The Kier molecular flexibility index (Phi) is 8.49. The van der Waals surface area contributed by atoms with Crippen LogP contribution in [-0.4, -0.2) is 42.1 Å². The summed E-state index contributed by atoms with van der Waals surface area (Å²) in [5.41, 5.74) is -1.81. The average Bonchev–Trinajstić information content (AvgIpc) is 2.82. The monoisotopic (exact) mass is 514 g/mol. The lowest BCUT2D eigenvalue weighted by Crippen LogP contribution is -2.34. The zero-order valence-electron chi connectivity index (χ0n) is 18.8. The molecule has 0 spiro atoms. The molecule has 2 amide bonds. The molecule has 12 heteroatoms. The second-order valence-electron chi connectivity index (χ2n) is 8.28. The first-order chi connectivity index (χ1) is 17.0. The maximum atomic E-state index is 14.4. The Bertz CT molecular complexity index is 1130. The van der Waals surface area contributed by atoms with Gasteiger partial charge >= 0.3 is 12.1 Å². The number of halogens is 5. The number of hydrogen-bond donors (Lipinski definition) is 3. The van der Waals surface area contributed by atoms with Gasteiger partial charge in [-0.25, -0.2) is 8.78 Å². The Morgan fingerprint density at radius 1 is 0.861 bits per heavy atom. The summed E-state index contributed by atoms with van der Waals surface area (Å²) in [6, 6.07) is 5.41. The van der Waals surface area contributed by atoms with E-state index in [2.05, 4.69) is 10.6 Å². The van der Waals surface area contributed by atoms with Crippen LogP contribution in [0.1, 0.15) is 52.0 Å². The summed E-state index contributed by atoms with van der Waals surface area (Å²) < 4.78 is 71.5. The highest BCUT2D eigenvalue weighted by Gasteiger charge is 2.34. The van der Waals surface area contributed by atoms with Crippen molar-refractivity contribution in [1.82, 2.24) is 10.6 Å². The van der Waals surface area contributed by atoms with Gasteiger partial charge in [-0.2, -0.15) is 13.2 Å². The molecule has 0 unspecified atom stereocenters. The van der Waals surface area contributed by atoms with E-state index in [0.717, 1.165) is 12.1 Å². The number of rotatable bonds is 8. The van der Waals surface area contributed by atoms with E-state index in [1.807, 2.05) is 0 Å². The van der Waals surface area contributed by atoms with Crippen molar-refractivity contribution in [2.24, 2.45) is 5.92 Å². The van der Waals surface area contributed by atoms with Gasteiger partial charge in [-0.3, -0.25) is 14.4 Å². The molecular formula is C24H23F5N2O5. The fourth-order valence-corrected chi connectivity index (χ4v) is 3.79. The van der Waals surface area contributed by atoms with Gasteiger partial charge in [0.1, 0.15) is 5.82 Å². The zero-order valence-corrected chi connectivity index (χ0v) is 18.8. The molecule has 1 saturated carbocycles. The SMILES string of the molecule is O=C(NCCNC(=O)c1ccc(C(F)(F)F)c(F)c1)c1ccc(O[C@H]2CC[C@@H](C(=O)O)CC2)c(F)c1. The van der Waals surface area contributed by atoms with E-state index >= 15 is 0 Å². The number of nitrogens with one attached hydrogen (secondary N) is 2. The zero-order chi connectivity index (χ0) is 26.5. The van der Waals surface area contributed by atoms with Gasteiger partial charge in [0.15, 0.2) is 11.6 Å². The highest BCUT2D eigenvalue weighted by molar-refractivity contribution is 5.95. The normalized spacial score (nSPS) is 17.8. The van der Waals surface area contributed by atoms with E-state index in [1.54, 1.807) is 0 Å². The van der Waals surface area contributed by atoms with Crippen LogP contribution in [-0.2, 0) is 11.0 Å². The molecule has 36 heavy (non-hydrogen) atoms. The van der Waals surface area contributed by atoms with Crippen LogP contribution in [0.15, 0.2) is 36.4 Å². The Labute approximate surface area is 202 Å². The number of carbonyl (C=O) groups is 3. The van der Waals surface area contributed by atoms with Crippen molar-refractivity contribution in [2.75, 3.05) is 13.1 Å². The van der Waals surface area contributed by atoms with E-state index in [9.17, 15) is 36.3 Å². The summed E-state index contributed by atoms with van der Waals surface area (Å²) in [6.07, 6.45) is -3.38. The first-order valence-corrected chi connectivity index (χ1v) is 11.1. The summed E-state index contributed by atoms with van der Waals surface area (Å²) in [5, 5.41) is 13.8. The number of benzene rings is 2. The van der Waals surface area contributed by atoms with Crippen molar-refractivity contribution in [2.45, 2.75) is 38.0 Å². The Morgan fingerprint density at radius 3 is 1.86 bits per heavy atom. The quantitative estimate of drug-likeness (QED) is 0.363. The van der Waals surface area contributed by atoms with Crippen LogP contribution in [0.2, 0.25) is 0 Å². The number of carboxylic acids is 1. The summed E-state index contributed by atoms with van der Waals surface area (Å²) in [4.78, 5) is 35.3. The second kappa shape index (κ2) is 11.4. The van der Waals surface area contributed by atoms with Crippen molar-refractivity contribution in [3.8, 4) is 5.75 Å². The number of carboxylic acid groups (broad SMARTS) is 1. The third-order valence-corrected chi connectivity index (χ3v) is 5.74. The molecule has 194 valence electrons. The van der Waals surface area contributed by atoms with E-state index in [0.29, 0.717) is 37.8 Å². The third kappa shape index (κ3) is 6.92. The summed E-state index contributed by atoms with van der Waals surface area (Å²) in [7, 11) is 0. The maximum Gasteiger partial charge on any atom is 0.419 e. The molecule has 0 aromatic heterocycles. The number of ether oxygens (including phenoxy) is 1. The second-order valence-corrected chi connectivity index (χ2v) is 8.28. The van der Waals surface area contributed by atoms with E-state index in [1.165, 1.54) is 12.1 Å². The van der Waals surface area contributed by atoms with Crippen molar-refractivity contribution in [1.29, 1.82) is 0 Å². The summed E-state index contributed by atoms with van der Waals surface area (Å²) in [5.74, 6) is -5.16. The average molecular weight is 514 g/mol. The molecule has 2 aromatic carbocycles. The molecule has 0 radical (unpaired) electrons. The minimum absolute atomic E-state index is 0.00873. The van der Waals surface area contributed by atoms with Crippen LogP contribution < -0.4 is 15.4 Å². The van der Waals surface area contributed by atoms with Gasteiger partial charge in [-0.1, -0.05) is 0 Å². The van der Waals surface area contributed by atoms with Crippen molar-refractivity contribution in [3.63, 3.8) is 0 Å². The van der Waals surface area contributed by atoms with Crippen LogP contribution in [0.25, 0.3) is 0 Å². The molecular weight excluding hydrogens is 491 g/mol. The summed E-state index contributed by atoms with van der Waals surface area (Å²) in [6.45, 7) is -0.198. The number of aliphatic carboxylic acids is 1. The fourth-order valence-electron chi connectivity index (χ4n) is 3.79. The number of alkyl halides is 3. The van der Waals surface area contributed by atoms with Crippen molar-refractivity contribution < 1.29 is 46.2 Å². The lowest BCUT2D eigenvalue weighted by molar-refractivity contribution is -0.143. The molecule has 2 aromatic rings. The van der Waals surface area contributed by atoms with Gasteiger partial charge in [0.05, 0.1) is 17.6 Å². The number of hydrogen-bond acceptors (Lipinski definition) is 4. The highest BCUT2D eigenvalue weighted by Crippen LogP contribution is 2.32. The van der Waals surface area contributed by atoms with Gasteiger partial charge in [0.25, 0.3) is 11.8 Å². The topological polar surface area (TPSA) is 105 Å². The predicted octanol–water partition coefficient (Wildman–Crippen LogP) is 4.17. The first kappa shape index (κ1) is 26.9. The molecule has 0 aliphatic heterocycles. The lowest BCUT2D eigenvalue weighted by atomic mass is 9.87. The fraction of sp³-hybridized carbons (Fsp3) is 0.375. The van der Waals surface area contributed by atoms with E-state index in [4.69, 9.17) is 9.84 Å². The largest absolute Gasteiger partial charge is 0.487 e. The smallest absolute Gasteiger partial charge is 0.419 e. The summed E-state index contributed by atoms with van der Waals surface area (Å²) >= 11 is 0. The maximum absolute atomic E-state index is 14.4. The molecule has 1 fully saturated rings. The van der Waals surface area contributed by atoms with Gasteiger partial charge in [0.2, 0.25) is 0 Å². The van der Waals surface area contributed by atoms with Crippen LogP contribution in [0.5, 0.6) is 5.75 Å². The Balaban J connectivity index is 1.45. The molecule has 1 aliphatic carbocycles. The van der Waals surface area contributed by atoms with E-state index in [-0.39, 0.29) is 36.1 Å². The third-order valence-electron chi connectivity index (χ3n) is 5.74. The Hall–Kier alpha value is -3.70. The minimum Gasteiger partial charge on any atom is -0.487 e. The molecule has 0 bridgehead atoms. The van der Waals surface area contributed by atoms with Gasteiger partial charge in [0, 0.05) is 24.2 Å². The molecule has 3 N–H and O–H groups in total. The van der Waals surface area contributed by atoms with Crippen LogP contribution in [0, 0.1) is 17.6 Å². The van der Waals surface area contributed by atoms with Gasteiger partial charge in [-0.15, -0.1) is 0 Å². The van der Waals surface area contributed by atoms with Crippen LogP contribution >= 0.6 is 0 Å². The molecule has 7 nitrogen and oxygen atoms in total.